The van der Waals surface area contributed by atoms with Gasteiger partial charge >= 0.3 is 0 Å². The fourth-order valence-electron chi connectivity index (χ4n) is 6.54. The molecule has 0 fully saturated rings. The van der Waals surface area contributed by atoms with E-state index in [1.165, 1.54) is 30.6 Å². The number of methoxy groups -OCH3 is 1. The van der Waals surface area contributed by atoms with E-state index in [4.69, 9.17) is 24.5 Å². The highest BCUT2D eigenvalue weighted by Gasteiger charge is 2.31. The molecule has 1 aromatic carbocycles. The molecule has 0 aliphatic carbocycles. The van der Waals surface area contributed by atoms with Gasteiger partial charge in [0, 0.05) is 78.4 Å². The average molecular weight is 657 g/mol. The molecule has 0 spiro atoms. The monoisotopic (exact) mass is 656 g/mol. The van der Waals surface area contributed by atoms with Crippen LogP contribution in [-0.2, 0) is 29.0 Å². The number of amides is 1. The van der Waals surface area contributed by atoms with Crippen LogP contribution >= 0.6 is 11.3 Å². The van der Waals surface area contributed by atoms with E-state index >= 15 is 4.39 Å². The molecule has 1 amide bonds. The first-order valence-electron chi connectivity index (χ1n) is 15.5. The minimum atomic E-state index is -0.776. The molecule has 0 saturated heterocycles. The zero-order chi connectivity index (χ0) is 32.8. The van der Waals surface area contributed by atoms with Crippen LogP contribution in [0.4, 0.5) is 8.78 Å². The predicted molar refractivity (Wildman–Crippen MR) is 177 cm³/mol. The first-order valence-corrected chi connectivity index (χ1v) is 16.4. The third kappa shape index (κ3) is 5.60. The normalized spacial score (nSPS) is 16.3. The Morgan fingerprint density at radius 3 is 2.79 bits per heavy atom. The highest BCUT2D eigenvalue weighted by atomic mass is 32.1. The van der Waals surface area contributed by atoms with Crippen LogP contribution in [-0.4, -0.2) is 75.9 Å². The van der Waals surface area contributed by atoms with Crippen molar-refractivity contribution < 1.29 is 23.0 Å². The molecule has 1 atom stereocenters. The van der Waals surface area contributed by atoms with Crippen molar-refractivity contribution in [3.05, 3.63) is 83.1 Å². The maximum atomic E-state index is 16.1. The topological polar surface area (TPSA) is 85.6 Å². The highest BCUT2D eigenvalue weighted by Crippen LogP contribution is 2.47. The molecule has 2 aliphatic rings. The molecule has 12 heteroatoms. The molecule has 0 N–H and O–H groups in total. The number of pyridine rings is 2. The van der Waals surface area contributed by atoms with Gasteiger partial charge in [-0.05, 0) is 49.2 Å². The van der Waals surface area contributed by atoms with Gasteiger partial charge in [0.15, 0.2) is 0 Å². The second-order valence-electron chi connectivity index (χ2n) is 11.9. The van der Waals surface area contributed by atoms with E-state index in [1.54, 1.807) is 4.90 Å². The summed E-state index contributed by atoms with van der Waals surface area (Å²) in [7, 11) is 3.62. The zero-order valence-corrected chi connectivity index (χ0v) is 27.2. The Morgan fingerprint density at radius 2 is 1.98 bits per heavy atom. The summed E-state index contributed by atoms with van der Waals surface area (Å²) in [6.07, 6.45) is 4.04. The van der Waals surface area contributed by atoms with Crippen molar-refractivity contribution in [3.63, 3.8) is 0 Å². The van der Waals surface area contributed by atoms with Crippen LogP contribution in [0.1, 0.15) is 29.9 Å². The minimum Gasteiger partial charge on any atom is -0.490 e. The Morgan fingerprint density at radius 1 is 1.13 bits per heavy atom. The molecule has 1 unspecified atom stereocenters. The number of fused-ring (bicyclic) bond motifs is 3. The lowest BCUT2D eigenvalue weighted by atomic mass is 9.95. The number of halogens is 2. The molecule has 0 radical (unpaired) electrons. The summed E-state index contributed by atoms with van der Waals surface area (Å²) >= 11 is 1.44. The summed E-state index contributed by atoms with van der Waals surface area (Å²) in [6, 6.07) is 7.77. The standard InChI is InChI=1S/C35H34F2N6O3S/c1-5-30(44)42-9-10-43-28(20(42)2)17-27(40-43)34-32(31-25(37)15-23(36)16-29(31)46-12-11-45-4)35-24(7-13-47-35)33(39-34)21-14-22-19-41(3)8-6-26(22)38-18-21/h5,7,13-18,20H,1,6,8-12,19H2,2-4H3. The molecule has 0 bridgehead atoms. The minimum absolute atomic E-state index is 0.0450. The number of carbonyl (C=O) groups excluding carboxylic acids is 1. The molecule has 7 rings (SSSR count). The largest absolute Gasteiger partial charge is 0.490 e. The number of thiophene rings is 1. The molecule has 242 valence electrons. The second-order valence-corrected chi connectivity index (χ2v) is 12.8. The number of ether oxygens (including phenoxy) is 2. The lowest BCUT2D eigenvalue weighted by molar-refractivity contribution is -0.129. The number of likely N-dealkylation sites (N-methyl/N-ethyl adjacent to an activating group) is 1. The van der Waals surface area contributed by atoms with E-state index in [0.717, 1.165) is 58.2 Å². The lowest BCUT2D eigenvalue weighted by Crippen LogP contribution is -2.40. The van der Waals surface area contributed by atoms with Crippen LogP contribution < -0.4 is 4.74 Å². The maximum absolute atomic E-state index is 16.1. The van der Waals surface area contributed by atoms with Gasteiger partial charge < -0.3 is 19.3 Å². The molecular weight excluding hydrogens is 622 g/mol. The van der Waals surface area contributed by atoms with Gasteiger partial charge in [-0.25, -0.2) is 13.8 Å². The smallest absolute Gasteiger partial charge is 0.246 e. The van der Waals surface area contributed by atoms with Crippen LogP contribution in [0.3, 0.4) is 0 Å². The summed E-state index contributed by atoms with van der Waals surface area (Å²) in [4.78, 5) is 26.7. The van der Waals surface area contributed by atoms with Crippen LogP contribution in [0, 0.1) is 11.6 Å². The van der Waals surface area contributed by atoms with Gasteiger partial charge in [-0.2, -0.15) is 5.10 Å². The Kier molecular flexibility index (Phi) is 8.33. The number of hydrogen-bond acceptors (Lipinski definition) is 8. The van der Waals surface area contributed by atoms with E-state index < -0.39 is 11.6 Å². The van der Waals surface area contributed by atoms with Crippen molar-refractivity contribution in [3.8, 4) is 39.5 Å². The number of aromatic nitrogens is 4. The Balaban J connectivity index is 1.48. The molecule has 6 heterocycles. The summed E-state index contributed by atoms with van der Waals surface area (Å²) in [5.74, 6) is -1.65. The van der Waals surface area contributed by atoms with Gasteiger partial charge in [0.2, 0.25) is 5.91 Å². The molecule has 4 aromatic heterocycles. The van der Waals surface area contributed by atoms with Crippen LogP contribution in [0.25, 0.3) is 43.9 Å². The summed E-state index contributed by atoms with van der Waals surface area (Å²) in [5, 5.41) is 7.70. The Bertz CT molecular complexity index is 2020. The molecule has 5 aromatic rings. The van der Waals surface area contributed by atoms with E-state index in [0.29, 0.717) is 35.7 Å². The molecule has 47 heavy (non-hydrogen) atoms. The highest BCUT2D eigenvalue weighted by molar-refractivity contribution is 7.18. The van der Waals surface area contributed by atoms with Gasteiger partial charge in [-0.1, -0.05) is 6.58 Å². The quantitative estimate of drug-likeness (QED) is 0.144. The number of rotatable bonds is 8. The van der Waals surface area contributed by atoms with Crippen molar-refractivity contribution >= 4 is 27.3 Å². The molecule has 0 saturated carbocycles. The van der Waals surface area contributed by atoms with Crippen LogP contribution in [0.15, 0.2) is 54.6 Å². The molecule has 2 aliphatic heterocycles. The SMILES string of the molecule is C=CC(=O)N1CCn2nc(-c3nc(-c4cnc5c(c4)CN(C)CC5)c4ccsc4c3-c3c(F)cc(F)cc3OCCOC)cc2C1C. The van der Waals surface area contributed by atoms with E-state index in [9.17, 15) is 9.18 Å². The van der Waals surface area contributed by atoms with Crippen molar-refractivity contribution in [1.29, 1.82) is 0 Å². The zero-order valence-electron chi connectivity index (χ0n) is 26.4. The van der Waals surface area contributed by atoms with Crippen molar-refractivity contribution in [2.24, 2.45) is 0 Å². The maximum Gasteiger partial charge on any atom is 0.246 e. The summed E-state index contributed by atoms with van der Waals surface area (Å²) in [6.45, 7) is 8.60. The second kappa shape index (κ2) is 12.6. The van der Waals surface area contributed by atoms with Crippen molar-refractivity contribution in [1.82, 2.24) is 29.5 Å². The number of hydrogen-bond donors (Lipinski definition) is 0. The fourth-order valence-corrected chi connectivity index (χ4v) is 7.49. The van der Waals surface area contributed by atoms with Gasteiger partial charge in [0.25, 0.3) is 0 Å². The van der Waals surface area contributed by atoms with E-state index in [1.807, 2.05) is 35.3 Å². The first-order chi connectivity index (χ1) is 22.8. The van der Waals surface area contributed by atoms with E-state index in [2.05, 4.69) is 24.6 Å². The molecule has 9 nitrogen and oxygen atoms in total. The first kappa shape index (κ1) is 31.1. The predicted octanol–water partition coefficient (Wildman–Crippen LogP) is 6.27. The third-order valence-electron chi connectivity index (χ3n) is 8.89. The number of nitrogens with zero attached hydrogens (tertiary/aromatic N) is 6. The summed E-state index contributed by atoms with van der Waals surface area (Å²) < 4.78 is 44.4. The van der Waals surface area contributed by atoms with Gasteiger partial charge in [-0.3, -0.25) is 14.5 Å². The van der Waals surface area contributed by atoms with Gasteiger partial charge in [-0.15, -0.1) is 11.3 Å². The van der Waals surface area contributed by atoms with Crippen molar-refractivity contribution in [2.45, 2.75) is 32.5 Å². The average Bonchev–Trinajstić information content (AvgIpc) is 3.72. The molecular formula is C35H34F2N6O3S. The Hall–Kier alpha value is -4.52. The summed E-state index contributed by atoms with van der Waals surface area (Å²) in [5.41, 5.74) is 6.03. The number of carbonyl (C=O) groups is 1. The Labute approximate surface area is 275 Å². The van der Waals surface area contributed by atoms with E-state index in [-0.39, 0.29) is 36.5 Å². The van der Waals surface area contributed by atoms with Crippen molar-refractivity contribution in [2.75, 3.05) is 40.5 Å². The fraction of sp³-hybridized carbons (Fsp3) is 0.314. The van der Waals surface area contributed by atoms with Gasteiger partial charge in [0.1, 0.15) is 35.4 Å². The van der Waals surface area contributed by atoms with Crippen LogP contribution in [0.5, 0.6) is 5.75 Å². The number of benzene rings is 1. The van der Waals surface area contributed by atoms with Gasteiger partial charge in [0.05, 0.1) is 36.1 Å². The third-order valence-corrected chi connectivity index (χ3v) is 9.82. The lowest BCUT2D eigenvalue weighted by Gasteiger charge is -2.33. The van der Waals surface area contributed by atoms with Crippen LogP contribution in [0.2, 0.25) is 0 Å².